The highest BCUT2D eigenvalue weighted by Gasteiger charge is 2.35. The topological polar surface area (TPSA) is 83.9 Å². The first-order chi connectivity index (χ1) is 11.4. The normalized spacial score (nSPS) is 11.5. The molecule has 3 aromatic rings. The SMILES string of the molecule is COc1ccc(-c2nc(-c3ncccc3C(F)(F)F)n[nH]2)c(O)c1. The Morgan fingerprint density at radius 2 is 2.00 bits per heavy atom. The molecule has 0 aliphatic heterocycles. The lowest BCUT2D eigenvalue weighted by molar-refractivity contribution is -0.137. The van der Waals surface area contributed by atoms with Crippen LogP contribution >= 0.6 is 0 Å². The van der Waals surface area contributed by atoms with Gasteiger partial charge in [-0.25, -0.2) is 4.98 Å². The molecule has 124 valence electrons. The van der Waals surface area contributed by atoms with Crippen molar-refractivity contribution in [1.82, 2.24) is 20.2 Å². The number of aromatic nitrogens is 4. The zero-order valence-corrected chi connectivity index (χ0v) is 12.3. The van der Waals surface area contributed by atoms with Crippen molar-refractivity contribution in [2.75, 3.05) is 7.11 Å². The van der Waals surface area contributed by atoms with Gasteiger partial charge in [-0.15, -0.1) is 0 Å². The number of hydrogen-bond donors (Lipinski definition) is 2. The van der Waals surface area contributed by atoms with E-state index in [1.54, 1.807) is 6.07 Å². The molecule has 0 unspecified atom stereocenters. The molecule has 6 nitrogen and oxygen atoms in total. The van der Waals surface area contributed by atoms with E-state index in [0.717, 1.165) is 6.07 Å². The summed E-state index contributed by atoms with van der Waals surface area (Å²) in [7, 11) is 1.45. The summed E-state index contributed by atoms with van der Waals surface area (Å²) in [5.41, 5.74) is -1.05. The fraction of sp³-hybridized carbons (Fsp3) is 0.133. The Labute approximate surface area is 134 Å². The maximum absolute atomic E-state index is 13.1. The van der Waals surface area contributed by atoms with Crippen molar-refractivity contribution in [1.29, 1.82) is 0 Å². The van der Waals surface area contributed by atoms with Crippen LogP contribution in [-0.2, 0) is 6.18 Å². The Kier molecular flexibility index (Phi) is 3.84. The number of benzene rings is 1. The van der Waals surface area contributed by atoms with Gasteiger partial charge in [0.25, 0.3) is 0 Å². The highest BCUT2D eigenvalue weighted by Crippen LogP contribution is 2.36. The second-order valence-corrected chi connectivity index (χ2v) is 4.79. The standard InChI is InChI=1S/C15H11F3N4O2/c1-24-8-4-5-9(11(23)7-8)13-20-14(22-21-13)12-10(15(16,17)18)3-2-6-19-12/h2-7,23H,1H3,(H,20,21,22). The van der Waals surface area contributed by atoms with Gasteiger partial charge in [-0.3, -0.25) is 10.1 Å². The predicted molar refractivity (Wildman–Crippen MR) is 78.3 cm³/mol. The number of ether oxygens (including phenoxy) is 1. The summed E-state index contributed by atoms with van der Waals surface area (Å²) in [4.78, 5) is 7.74. The molecule has 0 fully saturated rings. The molecule has 0 spiro atoms. The Hall–Kier alpha value is -3.10. The number of hydrogen-bond acceptors (Lipinski definition) is 5. The van der Waals surface area contributed by atoms with Crippen LogP contribution in [0, 0.1) is 0 Å². The van der Waals surface area contributed by atoms with Crippen LogP contribution < -0.4 is 4.74 Å². The van der Waals surface area contributed by atoms with E-state index in [1.807, 2.05) is 0 Å². The van der Waals surface area contributed by atoms with Crippen molar-refractivity contribution < 1.29 is 23.0 Å². The summed E-state index contributed by atoms with van der Waals surface area (Å²) in [6.07, 6.45) is -3.35. The van der Waals surface area contributed by atoms with Gasteiger partial charge >= 0.3 is 6.18 Å². The summed E-state index contributed by atoms with van der Waals surface area (Å²) < 4.78 is 44.1. The Morgan fingerprint density at radius 1 is 1.21 bits per heavy atom. The molecular formula is C15H11F3N4O2. The van der Waals surface area contributed by atoms with Crippen molar-refractivity contribution >= 4 is 0 Å². The van der Waals surface area contributed by atoms with E-state index in [0.29, 0.717) is 5.75 Å². The van der Waals surface area contributed by atoms with Crippen molar-refractivity contribution in [2.24, 2.45) is 0 Å². The first-order valence-corrected chi connectivity index (χ1v) is 6.72. The smallest absolute Gasteiger partial charge is 0.418 e. The lowest BCUT2D eigenvalue weighted by atomic mass is 10.1. The molecule has 3 rings (SSSR count). The Morgan fingerprint density at radius 3 is 2.67 bits per heavy atom. The van der Waals surface area contributed by atoms with Gasteiger partial charge in [0.1, 0.15) is 17.2 Å². The van der Waals surface area contributed by atoms with Crippen LogP contribution in [0.25, 0.3) is 22.9 Å². The maximum Gasteiger partial charge on any atom is 0.418 e. The Balaban J connectivity index is 2.04. The highest BCUT2D eigenvalue weighted by molar-refractivity contribution is 5.67. The maximum atomic E-state index is 13.1. The number of aromatic amines is 1. The molecule has 0 saturated carbocycles. The number of halogens is 3. The van der Waals surface area contributed by atoms with E-state index >= 15 is 0 Å². The second kappa shape index (κ2) is 5.84. The fourth-order valence-electron chi connectivity index (χ4n) is 2.14. The fourth-order valence-corrected chi connectivity index (χ4v) is 2.14. The molecule has 0 radical (unpaired) electrons. The van der Waals surface area contributed by atoms with Gasteiger partial charge in [-0.2, -0.15) is 18.3 Å². The lowest BCUT2D eigenvalue weighted by Gasteiger charge is -2.08. The lowest BCUT2D eigenvalue weighted by Crippen LogP contribution is -2.08. The zero-order chi connectivity index (χ0) is 17.3. The largest absolute Gasteiger partial charge is 0.507 e. The molecule has 24 heavy (non-hydrogen) atoms. The summed E-state index contributed by atoms with van der Waals surface area (Å²) in [6.45, 7) is 0. The highest BCUT2D eigenvalue weighted by atomic mass is 19.4. The van der Waals surface area contributed by atoms with Crippen molar-refractivity contribution in [3.63, 3.8) is 0 Å². The molecule has 0 atom stereocenters. The van der Waals surface area contributed by atoms with Crippen molar-refractivity contribution in [3.05, 3.63) is 42.1 Å². The molecule has 0 bridgehead atoms. The predicted octanol–water partition coefficient (Wildman–Crippen LogP) is 3.27. The van der Waals surface area contributed by atoms with Gasteiger partial charge in [0.15, 0.2) is 5.82 Å². The average Bonchev–Trinajstić information content (AvgIpc) is 3.03. The molecule has 0 saturated heterocycles. The number of pyridine rings is 1. The van der Waals surface area contributed by atoms with E-state index in [1.165, 1.54) is 31.5 Å². The van der Waals surface area contributed by atoms with Crippen LogP contribution in [0.5, 0.6) is 11.5 Å². The first-order valence-electron chi connectivity index (χ1n) is 6.72. The minimum absolute atomic E-state index is 0.115. The van der Waals surface area contributed by atoms with E-state index < -0.39 is 11.7 Å². The van der Waals surface area contributed by atoms with Gasteiger partial charge in [0.05, 0.1) is 18.2 Å². The Bertz CT molecular complexity index is 877. The number of nitrogens with zero attached hydrogens (tertiary/aromatic N) is 3. The third-order valence-corrected chi connectivity index (χ3v) is 3.27. The molecule has 2 aromatic heterocycles. The number of phenols is 1. The summed E-state index contributed by atoms with van der Waals surface area (Å²) in [6, 6.07) is 6.55. The van der Waals surface area contributed by atoms with Gasteiger partial charge in [-0.05, 0) is 24.3 Å². The quantitative estimate of drug-likeness (QED) is 0.767. The number of alkyl halides is 3. The number of aromatic hydroxyl groups is 1. The minimum atomic E-state index is -4.58. The molecule has 0 aliphatic rings. The van der Waals surface area contributed by atoms with Crippen LogP contribution in [-0.4, -0.2) is 32.4 Å². The van der Waals surface area contributed by atoms with E-state index in [2.05, 4.69) is 20.2 Å². The van der Waals surface area contributed by atoms with E-state index in [-0.39, 0.29) is 28.7 Å². The van der Waals surface area contributed by atoms with Crippen LogP contribution in [0.1, 0.15) is 5.56 Å². The molecule has 0 aliphatic carbocycles. The van der Waals surface area contributed by atoms with Gasteiger partial charge in [-0.1, -0.05) is 0 Å². The second-order valence-electron chi connectivity index (χ2n) is 4.79. The number of rotatable bonds is 3. The molecular weight excluding hydrogens is 325 g/mol. The molecule has 1 aromatic carbocycles. The van der Waals surface area contributed by atoms with Crippen LogP contribution in [0.4, 0.5) is 13.2 Å². The summed E-state index contributed by atoms with van der Waals surface area (Å²) in [5.74, 6) is 0.186. The van der Waals surface area contributed by atoms with Crippen molar-refractivity contribution in [3.8, 4) is 34.4 Å². The van der Waals surface area contributed by atoms with Gasteiger partial charge < -0.3 is 9.84 Å². The first kappa shape index (κ1) is 15.8. The zero-order valence-electron chi connectivity index (χ0n) is 12.3. The van der Waals surface area contributed by atoms with E-state index in [4.69, 9.17) is 4.74 Å². The number of nitrogens with one attached hydrogen (secondary N) is 1. The number of H-pyrrole nitrogens is 1. The van der Waals surface area contributed by atoms with E-state index in [9.17, 15) is 18.3 Å². The van der Waals surface area contributed by atoms with Crippen LogP contribution in [0.3, 0.4) is 0 Å². The molecule has 0 amide bonds. The third kappa shape index (κ3) is 2.87. The minimum Gasteiger partial charge on any atom is -0.507 e. The summed E-state index contributed by atoms with van der Waals surface area (Å²) >= 11 is 0. The molecule has 2 heterocycles. The number of methoxy groups -OCH3 is 1. The third-order valence-electron chi connectivity index (χ3n) is 3.27. The average molecular weight is 336 g/mol. The van der Waals surface area contributed by atoms with Crippen LogP contribution in [0.2, 0.25) is 0 Å². The molecule has 9 heteroatoms. The van der Waals surface area contributed by atoms with Crippen LogP contribution in [0.15, 0.2) is 36.5 Å². The summed E-state index contributed by atoms with van der Waals surface area (Å²) in [5, 5.41) is 16.3. The number of phenolic OH excluding ortho intramolecular Hbond substituents is 1. The monoisotopic (exact) mass is 336 g/mol. The van der Waals surface area contributed by atoms with Gasteiger partial charge in [0, 0.05) is 12.3 Å². The van der Waals surface area contributed by atoms with Crippen molar-refractivity contribution in [2.45, 2.75) is 6.18 Å². The molecule has 2 N–H and O–H groups in total. The van der Waals surface area contributed by atoms with Gasteiger partial charge in [0.2, 0.25) is 5.82 Å².